The lowest BCUT2D eigenvalue weighted by atomic mass is 9.59. The minimum atomic E-state index is -0.879. The molecular weight excluding hydrogens is 412 g/mol. The van der Waals surface area contributed by atoms with Crippen LogP contribution in [-0.2, 0) is 6.54 Å². The Morgan fingerprint density at radius 2 is 2.03 bits per heavy atom. The largest absolute Gasteiger partial charge is 0.496 e. The van der Waals surface area contributed by atoms with E-state index in [-0.39, 0.29) is 6.04 Å². The fourth-order valence-electron chi connectivity index (χ4n) is 6.17. The van der Waals surface area contributed by atoms with Crippen LogP contribution in [0.2, 0.25) is 0 Å². The molecule has 172 valence electrons. The van der Waals surface area contributed by atoms with Gasteiger partial charge in [-0.2, -0.15) is 0 Å². The predicted molar refractivity (Wildman–Crippen MR) is 131 cm³/mol. The third-order valence-corrected chi connectivity index (χ3v) is 7.81. The molecule has 1 aliphatic heterocycles. The molecule has 2 heterocycles. The fourth-order valence-corrected chi connectivity index (χ4v) is 6.17. The molecule has 2 aromatic carbocycles. The number of aromatic carboxylic acids is 1. The molecule has 2 N–H and O–H groups in total. The summed E-state index contributed by atoms with van der Waals surface area (Å²) in [7, 11) is 1.74. The number of ether oxygens (including phenoxy) is 1. The molecule has 0 amide bonds. The summed E-state index contributed by atoms with van der Waals surface area (Å²) >= 11 is 0. The molecule has 5 heteroatoms. The van der Waals surface area contributed by atoms with Crippen molar-refractivity contribution in [3.05, 3.63) is 76.5 Å². The summed E-state index contributed by atoms with van der Waals surface area (Å²) in [6, 6.07) is 10.1. The number of piperidine rings is 1. The molecule has 1 spiro atoms. The third-order valence-electron chi connectivity index (χ3n) is 7.81. The van der Waals surface area contributed by atoms with Gasteiger partial charge in [0.15, 0.2) is 0 Å². The van der Waals surface area contributed by atoms with Gasteiger partial charge in [0.1, 0.15) is 5.75 Å². The number of allylic oxidation sites excluding steroid dienone is 1. The molecule has 2 fully saturated rings. The monoisotopic (exact) mass is 444 g/mol. The number of likely N-dealkylation sites (tertiary alicyclic amines) is 1. The summed E-state index contributed by atoms with van der Waals surface area (Å²) < 4.78 is 5.82. The molecule has 1 saturated heterocycles. The highest BCUT2D eigenvalue weighted by Crippen LogP contribution is 2.56. The van der Waals surface area contributed by atoms with Crippen LogP contribution in [0.4, 0.5) is 0 Å². The summed E-state index contributed by atoms with van der Waals surface area (Å²) in [6.07, 6.45) is 6.46. The standard InChI is InChI=1S/C28H32N2O3/c1-17-13-28(14-17)8-10-30(24(15-28)21-6-5-20(27(31)32)11-18(21)2)16-23-22-7-9-29-26(22)19(3)12-25(23)33-4/h5-7,9,11-12,24,29H,1,8,10,13-16H2,2-4H3,(H,31,32). The van der Waals surface area contributed by atoms with Crippen LogP contribution in [-0.4, -0.2) is 34.6 Å². The number of carboxylic acid groups (broad SMARTS) is 1. The van der Waals surface area contributed by atoms with Crippen molar-refractivity contribution in [2.45, 2.75) is 52.1 Å². The minimum absolute atomic E-state index is 0.231. The van der Waals surface area contributed by atoms with Crippen LogP contribution in [0.1, 0.15) is 64.3 Å². The number of aryl methyl sites for hydroxylation is 2. The molecule has 1 atom stereocenters. The Balaban J connectivity index is 1.54. The number of carboxylic acids is 1. The number of H-pyrrole nitrogens is 1. The van der Waals surface area contributed by atoms with E-state index in [0.717, 1.165) is 49.2 Å². The van der Waals surface area contributed by atoms with E-state index in [9.17, 15) is 9.90 Å². The van der Waals surface area contributed by atoms with Crippen molar-refractivity contribution in [2.24, 2.45) is 5.41 Å². The van der Waals surface area contributed by atoms with Crippen molar-refractivity contribution < 1.29 is 14.6 Å². The van der Waals surface area contributed by atoms with Gasteiger partial charge in [0.2, 0.25) is 0 Å². The molecule has 5 nitrogen and oxygen atoms in total. The second-order valence-electron chi connectivity index (χ2n) is 10.1. The third kappa shape index (κ3) is 3.74. The Labute approximate surface area is 195 Å². The second-order valence-corrected chi connectivity index (χ2v) is 10.1. The van der Waals surface area contributed by atoms with Crippen molar-refractivity contribution >= 4 is 16.9 Å². The Morgan fingerprint density at radius 1 is 1.24 bits per heavy atom. The van der Waals surface area contributed by atoms with Gasteiger partial charge in [0.05, 0.1) is 12.7 Å². The van der Waals surface area contributed by atoms with Gasteiger partial charge in [-0.05, 0) is 92.4 Å². The first-order valence-electron chi connectivity index (χ1n) is 11.7. The Hall–Kier alpha value is -3.05. The summed E-state index contributed by atoms with van der Waals surface area (Å²) in [5, 5.41) is 10.6. The van der Waals surface area contributed by atoms with Crippen molar-refractivity contribution in [3.8, 4) is 5.75 Å². The van der Waals surface area contributed by atoms with Crippen molar-refractivity contribution in [2.75, 3.05) is 13.7 Å². The summed E-state index contributed by atoms with van der Waals surface area (Å²) in [5.41, 5.74) is 7.85. The number of nitrogens with zero attached hydrogens (tertiary/aromatic N) is 1. The zero-order valence-corrected chi connectivity index (χ0v) is 19.7. The van der Waals surface area contributed by atoms with E-state index in [1.807, 2.05) is 25.3 Å². The SMILES string of the molecule is C=C1CC2(CCN(Cc3c(OC)cc(C)c4[nH]ccc34)C(c3ccc(C(=O)O)cc3C)C2)C1. The van der Waals surface area contributed by atoms with Gasteiger partial charge in [-0.1, -0.05) is 18.2 Å². The maximum absolute atomic E-state index is 11.5. The molecule has 2 aliphatic rings. The predicted octanol–water partition coefficient (Wildman–Crippen LogP) is 6.17. The van der Waals surface area contributed by atoms with Gasteiger partial charge in [0.25, 0.3) is 0 Å². The van der Waals surface area contributed by atoms with Gasteiger partial charge in [0, 0.05) is 35.2 Å². The lowest BCUT2D eigenvalue weighted by Crippen LogP contribution is -2.46. The molecule has 0 radical (unpaired) electrons. The van der Waals surface area contributed by atoms with Crippen LogP contribution in [0.15, 0.2) is 48.7 Å². The number of nitrogens with one attached hydrogen (secondary N) is 1. The number of carbonyl (C=O) groups is 1. The van der Waals surface area contributed by atoms with Gasteiger partial charge in [-0.15, -0.1) is 0 Å². The molecule has 1 aromatic heterocycles. The molecule has 0 bridgehead atoms. The first kappa shape index (κ1) is 21.8. The summed E-state index contributed by atoms with van der Waals surface area (Å²) in [6.45, 7) is 10.1. The van der Waals surface area contributed by atoms with Gasteiger partial charge < -0.3 is 14.8 Å². The van der Waals surface area contributed by atoms with Gasteiger partial charge >= 0.3 is 5.97 Å². The Kier molecular flexibility index (Phi) is 5.32. The molecule has 1 aliphatic carbocycles. The maximum Gasteiger partial charge on any atom is 0.335 e. The molecule has 5 rings (SSSR count). The molecule has 3 aromatic rings. The number of rotatable bonds is 5. The van der Waals surface area contributed by atoms with E-state index in [0.29, 0.717) is 11.0 Å². The van der Waals surface area contributed by atoms with Gasteiger partial charge in [-0.25, -0.2) is 4.79 Å². The van der Waals surface area contributed by atoms with E-state index >= 15 is 0 Å². The van der Waals surface area contributed by atoms with Crippen LogP contribution >= 0.6 is 0 Å². The minimum Gasteiger partial charge on any atom is -0.496 e. The number of aromatic amines is 1. The van der Waals surface area contributed by atoms with Crippen LogP contribution in [0.25, 0.3) is 10.9 Å². The molecule has 1 saturated carbocycles. The smallest absolute Gasteiger partial charge is 0.335 e. The maximum atomic E-state index is 11.5. The van der Waals surface area contributed by atoms with Crippen LogP contribution in [0.3, 0.4) is 0 Å². The lowest BCUT2D eigenvalue weighted by Gasteiger charge is -2.53. The topological polar surface area (TPSA) is 65.6 Å². The zero-order chi connectivity index (χ0) is 23.3. The highest BCUT2D eigenvalue weighted by Gasteiger charge is 2.46. The Bertz CT molecular complexity index is 1250. The van der Waals surface area contributed by atoms with Crippen LogP contribution in [0.5, 0.6) is 5.75 Å². The number of hydrogen-bond donors (Lipinski definition) is 2. The quantitative estimate of drug-likeness (QED) is 0.462. The second kappa shape index (κ2) is 8.07. The molecular formula is C28H32N2O3. The van der Waals surface area contributed by atoms with E-state index in [2.05, 4.69) is 35.5 Å². The normalized spacial score (nSPS) is 20.2. The first-order chi connectivity index (χ1) is 15.8. The summed E-state index contributed by atoms with van der Waals surface area (Å²) in [4.78, 5) is 17.4. The number of benzene rings is 2. The van der Waals surface area contributed by atoms with Crippen molar-refractivity contribution in [1.82, 2.24) is 9.88 Å². The number of hydrogen-bond acceptors (Lipinski definition) is 3. The average Bonchev–Trinajstić information content (AvgIpc) is 3.26. The van der Waals surface area contributed by atoms with Gasteiger partial charge in [-0.3, -0.25) is 4.90 Å². The highest BCUT2D eigenvalue weighted by atomic mass is 16.5. The van der Waals surface area contributed by atoms with Crippen LogP contribution < -0.4 is 4.74 Å². The Morgan fingerprint density at radius 3 is 2.70 bits per heavy atom. The first-order valence-corrected chi connectivity index (χ1v) is 11.7. The summed E-state index contributed by atoms with van der Waals surface area (Å²) in [5.74, 6) is 0.0461. The number of fused-ring (bicyclic) bond motifs is 1. The molecule has 1 unspecified atom stereocenters. The molecule has 33 heavy (non-hydrogen) atoms. The lowest BCUT2D eigenvalue weighted by molar-refractivity contribution is 0.0171. The fraction of sp³-hybridized carbons (Fsp3) is 0.393. The number of methoxy groups -OCH3 is 1. The highest BCUT2D eigenvalue weighted by molar-refractivity contribution is 5.88. The van der Waals surface area contributed by atoms with E-state index in [4.69, 9.17) is 4.74 Å². The average molecular weight is 445 g/mol. The van der Waals surface area contributed by atoms with Crippen molar-refractivity contribution in [1.29, 1.82) is 0 Å². The van der Waals surface area contributed by atoms with Crippen molar-refractivity contribution in [3.63, 3.8) is 0 Å². The van der Waals surface area contributed by atoms with E-state index in [1.54, 1.807) is 13.2 Å². The number of aromatic nitrogens is 1. The van der Waals surface area contributed by atoms with E-state index in [1.165, 1.54) is 34.1 Å². The zero-order valence-electron chi connectivity index (χ0n) is 19.7. The van der Waals surface area contributed by atoms with Crippen LogP contribution in [0, 0.1) is 19.3 Å². The van der Waals surface area contributed by atoms with E-state index < -0.39 is 5.97 Å².